The third-order valence-corrected chi connectivity index (χ3v) is 5.82. The van der Waals surface area contributed by atoms with Crippen LogP contribution in [-0.4, -0.2) is 60.9 Å². The summed E-state index contributed by atoms with van der Waals surface area (Å²) in [5.41, 5.74) is 3.66. The van der Waals surface area contributed by atoms with Crippen molar-refractivity contribution in [2.45, 2.75) is 19.8 Å². The Hall–Kier alpha value is -2.82. The van der Waals surface area contributed by atoms with Crippen LogP contribution in [0.5, 0.6) is 0 Å². The number of amides is 2. The maximum atomic E-state index is 12.8. The summed E-state index contributed by atoms with van der Waals surface area (Å²) in [7, 11) is 0. The van der Waals surface area contributed by atoms with E-state index in [0.717, 1.165) is 29.8 Å². The first-order valence-electron chi connectivity index (χ1n) is 10.1. The highest BCUT2D eigenvalue weighted by Gasteiger charge is 2.26. The second-order valence-corrected chi connectivity index (χ2v) is 7.64. The number of carbonyl (C=O) groups is 2. The average Bonchev–Trinajstić information content (AvgIpc) is 3.28. The molecule has 0 aromatic heterocycles. The minimum Gasteiger partial charge on any atom is -0.372 e. The zero-order valence-electron chi connectivity index (χ0n) is 16.4. The summed E-state index contributed by atoms with van der Waals surface area (Å²) >= 11 is 0. The van der Waals surface area contributed by atoms with Gasteiger partial charge in [-0.05, 0) is 55.7 Å². The molecule has 0 spiro atoms. The van der Waals surface area contributed by atoms with Gasteiger partial charge in [0.2, 0.25) is 0 Å². The van der Waals surface area contributed by atoms with Crippen LogP contribution in [0, 0.1) is 6.92 Å². The van der Waals surface area contributed by atoms with Crippen molar-refractivity contribution in [2.75, 3.05) is 44.2 Å². The minimum absolute atomic E-state index is 0.0518. The molecule has 2 aliphatic rings. The summed E-state index contributed by atoms with van der Waals surface area (Å²) in [5.74, 6) is 0.108. The van der Waals surface area contributed by atoms with E-state index in [-0.39, 0.29) is 11.8 Å². The summed E-state index contributed by atoms with van der Waals surface area (Å²) in [4.78, 5) is 31.7. The van der Waals surface area contributed by atoms with Gasteiger partial charge < -0.3 is 14.7 Å². The first kappa shape index (κ1) is 18.5. The first-order valence-corrected chi connectivity index (χ1v) is 10.1. The Balaban J connectivity index is 1.36. The second kappa shape index (κ2) is 8.05. The molecule has 2 aliphatic heterocycles. The lowest BCUT2D eigenvalue weighted by molar-refractivity contribution is 0.0535. The summed E-state index contributed by atoms with van der Waals surface area (Å²) < 4.78 is 0. The van der Waals surface area contributed by atoms with Crippen molar-refractivity contribution in [2.24, 2.45) is 0 Å². The molecule has 0 aliphatic carbocycles. The van der Waals surface area contributed by atoms with Crippen molar-refractivity contribution in [1.82, 2.24) is 9.80 Å². The summed E-state index contributed by atoms with van der Waals surface area (Å²) in [6, 6.07) is 15.6. The van der Waals surface area contributed by atoms with Gasteiger partial charge in [0.25, 0.3) is 11.8 Å². The van der Waals surface area contributed by atoms with Crippen LogP contribution in [0.4, 0.5) is 5.69 Å². The lowest BCUT2D eigenvalue weighted by atomic mass is 10.1. The molecule has 0 atom stereocenters. The standard InChI is InChI=1S/C23H27N3O2/c1-18-6-2-3-7-21(18)23(28)26-16-14-25(15-17-26)22(27)19-8-10-20(11-9-19)24-12-4-5-13-24/h2-3,6-11H,4-5,12-17H2,1H3. The molecule has 28 heavy (non-hydrogen) atoms. The fourth-order valence-electron chi connectivity index (χ4n) is 4.07. The van der Waals surface area contributed by atoms with Crippen molar-refractivity contribution >= 4 is 17.5 Å². The number of piperazine rings is 1. The van der Waals surface area contributed by atoms with Crippen LogP contribution in [-0.2, 0) is 0 Å². The number of rotatable bonds is 3. The van der Waals surface area contributed by atoms with Gasteiger partial charge in [-0.3, -0.25) is 9.59 Å². The van der Waals surface area contributed by atoms with Gasteiger partial charge in [0, 0.05) is 56.1 Å². The van der Waals surface area contributed by atoms with E-state index < -0.39 is 0 Å². The lowest BCUT2D eigenvalue weighted by Crippen LogP contribution is -2.50. The van der Waals surface area contributed by atoms with Gasteiger partial charge in [-0.1, -0.05) is 18.2 Å². The van der Waals surface area contributed by atoms with Crippen LogP contribution in [0.2, 0.25) is 0 Å². The molecule has 146 valence electrons. The molecule has 5 heteroatoms. The monoisotopic (exact) mass is 377 g/mol. The molecule has 2 saturated heterocycles. The summed E-state index contributed by atoms with van der Waals surface area (Å²) in [5, 5.41) is 0. The Morgan fingerprint density at radius 2 is 1.29 bits per heavy atom. The molecule has 2 amide bonds. The molecular formula is C23H27N3O2. The predicted octanol–water partition coefficient (Wildman–Crippen LogP) is 3.19. The van der Waals surface area contributed by atoms with Gasteiger partial charge in [-0.15, -0.1) is 0 Å². The van der Waals surface area contributed by atoms with Gasteiger partial charge in [0.05, 0.1) is 0 Å². The number of nitrogens with zero attached hydrogens (tertiary/aromatic N) is 3. The number of carbonyl (C=O) groups excluding carboxylic acids is 2. The molecule has 0 unspecified atom stereocenters. The SMILES string of the molecule is Cc1ccccc1C(=O)N1CCN(C(=O)c2ccc(N3CCCC3)cc2)CC1. The molecule has 5 nitrogen and oxygen atoms in total. The van der Waals surface area contributed by atoms with Gasteiger partial charge in [-0.25, -0.2) is 0 Å². The average molecular weight is 377 g/mol. The van der Waals surface area contributed by atoms with Crippen LogP contribution < -0.4 is 4.90 Å². The van der Waals surface area contributed by atoms with Crippen LogP contribution in [0.25, 0.3) is 0 Å². The number of aryl methyl sites for hydroxylation is 1. The van der Waals surface area contributed by atoms with Crippen molar-refractivity contribution in [3.8, 4) is 0 Å². The van der Waals surface area contributed by atoms with E-state index in [2.05, 4.69) is 17.0 Å². The molecule has 2 aromatic carbocycles. The van der Waals surface area contributed by atoms with E-state index in [1.807, 2.05) is 53.1 Å². The number of hydrogen-bond donors (Lipinski definition) is 0. The molecule has 0 bridgehead atoms. The highest BCUT2D eigenvalue weighted by molar-refractivity contribution is 5.97. The van der Waals surface area contributed by atoms with Crippen molar-refractivity contribution in [3.05, 3.63) is 65.2 Å². The first-order chi connectivity index (χ1) is 13.6. The number of anilines is 1. The third kappa shape index (κ3) is 3.75. The molecule has 0 saturated carbocycles. The van der Waals surface area contributed by atoms with Crippen LogP contribution in [0.3, 0.4) is 0 Å². The van der Waals surface area contributed by atoms with E-state index in [1.54, 1.807) is 0 Å². The Morgan fingerprint density at radius 3 is 1.89 bits per heavy atom. The molecule has 0 radical (unpaired) electrons. The number of benzene rings is 2. The Labute approximate surface area is 166 Å². The van der Waals surface area contributed by atoms with Crippen molar-refractivity contribution < 1.29 is 9.59 Å². The summed E-state index contributed by atoms with van der Waals surface area (Å²) in [6.07, 6.45) is 2.48. The topological polar surface area (TPSA) is 43.9 Å². The third-order valence-electron chi connectivity index (χ3n) is 5.82. The zero-order chi connectivity index (χ0) is 19.5. The second-order valence-electron chi connectivity index (χ2n) is 7.64. The van der Waals surface area contributed by atoms with Crippen LogP contribution >= 0.6 is 0 Å². The maximum absolute atomic E-state index is 12.8. The quantitative estimate of drug-likeness (QED) is 0.825. The van der Waals surface area contributed by atoms with Gasteiger partial charge in [-0.2, -0.15) is 0 Å². The lowest BCUT2D eigenvalue weighted by Gasteiger charge is -2.35. The fraction of sp³-hybridized carbons (Fsp3) is 0.391. The minimum atomic E-state index is 0.0518. The van der Waals surface area contributed by atoms with Crippen molar-refractivity contribution in [3.63, 3.8) is 0 Å². The van der Waals surface area contributed by atoms with Gasteiger partial charge in [0.1, 0.15) is 0 Å². The van der Waals surface area contributed by atoms with E-state index in [0.29, 0.717) is 26.2 Å². The van der Waals surface area contributed by atoms with Crippen molar-refractivity contribution in [1.29, 1.82) is 0 Å². The van der Waals surface area contributed by atoms with Crippen LogP contribution in [0.1, 0.15) is 39.1 Å². The molecular weight excluding hydrogens is 350 g/mol. The Morgan fingerprint density at radius 1 is 0.714 bits per heavy atom. The molecule has 0 N–H and O–H groups in total. The molecule has 2 heterocycles. The normalized spacial score (nSPS) is 17.1. The van der Waals surface area contributed by atoms with Gasteiger partial charge in [0.15, 0.2) is 0 Å². The Bertz CT molecular complexity index is 848. The molecule has 4 rings (SSSR count). The Kier molecular flexibility index (Phi) is 5.33. The zero-order valence-corrected chi connectivity index (χ0v) is 16.4. The van der Waals surface area contributed by atoms with E-state index in [9.17, 15) is 9.59 Å². The van der Waals surface area contributed by atoms with Crippen LogP contribution in [0.15, 0.2) is 48.5 Å². The predicted molar refractivity (Wildman–Crippen MR) is 111 cm³/mol. The molecule has 2 fully saturated rings. The summed E-state index contributed by atoms with van der Waals surface area (Å²) in [6.45, 7) is 6.46. The largest absolute Gasteiger partial charge is 0.372 e. The maximum Gasteiger partial charge on any atom is 0.254 e. The van der Waals surface area contributed by atoms with E-state index in [1.165, 1.54) is 18.5 Å². The number of hydrogen-bond acceptors (Lipinski definition) is 3. The van der Waals surface area contributed by atoms with E-state index in [4.69, 9.17) is 0 Å². The fourth-order valence-corrected chi connectivity index (χ4v) is 4.07. The smallest absolute Gasteiger partial charge is 0.254 e. The van der Waals surface area contributed by atoms with Gasteiger partial charge >= 0.3 is 0 Å². The highest BCUT2D eigenvalue weighted by Crippen LogP contribution is 2.21. The van der Waals surface area contributed by atoms with E-state index >= 15 is 0 Å². The highest BCUT2D eigenvalue weighted by atomic mass is 16.2. The molecule has 2 aromatic rings.